The van der Waals surface area contributed by atoms with E-state index in [1.165, 1.54) is 0 Å². The van der Waals surface area contributed by atoms with Crippen LogP contribution in [0.4, 0.5) is 0 Å². The van der Waals surface area contributed by atoms with E-state index in [2.05, 4.69) is 13.8 Å². The van der Waals surface area contributed by atoms with Gasteiger partial charge in [0, 0.05) is 23.4 Å². The molecule has 1 aliphatic heterocycles. The van der Waals surface area contributed by atoms with E-state index in [0.29, 0.717) is 17.0 Å². The number of hydrogen-bond donors (Lipinski definition) is 0. The fourth-order valence-corrected chi connectivity index (χ4v) is 3.46. The minimum Gasteiger partial charge on any atom is -0.357 e. The number of fused-ring (bicyclic) bond motifs is 1. The van der Waals surface area contributed by atoms with Gasteiger partial charge in [-0.25, -0.2) is 0 Å². The lowest BCUT2D eigenvalue weighted by molar-refractivity contribution is -0.123. The number of ketones is 2. The highest BCUT2D eigenvalue weighted by molar-refractivity contribution is 6.30. The Kier molecular flexibility index (Phi) is 3.03. The lowest BCUT2D eigenvalue weighted by Crippen LogP contribution is -2.37. The molecule has 1 saturated carbocycles. The number of hydrogen-bond acceptors (Lipinski definition) is 3. The predicted molar refractivity (Wildman–Crippen MR) is 76.0 cm³/mol. The number of ether oxygens (including phenoxy) is 1. The molecule has 2 atom stereocenters. The smallest absolute Gasteiger partial charge is 0.165 e. The Morgan fingerprint density at radius 1 is 1.35 bits per heavy atom. The summed E-state index contributed by atoms with van der Waals surface area (Å²) in [5, 5.41) is 0.606. The lowest BCUT2D eigenvalue weighted by Gasteiger charge is -2.31. The topological polar surface area (TPSA) is 46.7 Å². The predicted octanol–water partition coefficient (Wildman–Crippen LogP) is 3.44. The fraction of sp³-hybridized carbons (Fsp3) is 0.500. The molecule has 1 aromatic rings. The monoisotopic (exact) mass is 292 g/mol. The summed E-state index contributed by atoms with van der Waals surface area (Å²) in [6.07, 6.45) is 1.20. The Morgan fingerprint density at radius 3 is 2.65 bits per heavy atom. The van der Waals surface area contributed by atoms with Gasteiger partial charge >= 0.3 is 0 Å². The highest BCUT2D eigenvalue weighted by Gasteiger charge is 2.65. The van der Waals surface area contributed by atoms with Gasteiger partial charge in [0.2, 0.25) is 0 Å². The molecular weight excluding hydrogens is 276 g/mol. The van der Waals surface area contributed by atoms with Gasteiger partial charge in [0.25, 0.3) is 0 Å². The van der Waals surface area contributed by atoms with E-state index in [1.807, 2.05) is 0 Å². The van der Waals surface area contributed by atoms with E-state index < -0.39 is 5.60 Å². The summed E-state index contributed by atoms with van der Waals surface area (Å²) >= 11 is 5.82. The molecule has 1 aliphatic carbocycles. The molecule has 0 spiro atoms. The van der Waals surface area contributed by atoms with Crippen molar-refractivity contribution in [1.82, 2.24) is 0 Å². The third-order valence-electron chi connectivity index (χ3n) is 4.12. The first-order chi connectivity index (χ1) is 9.31. The zero-order valence-corrected chi connectivity index (χ0v) is 12.4. The van der Waals surface area contributed by atoms with Crippen molar-refractivity contribution in [2.45, 2.75) is 44.8 Å². The number of Topliss-reactive ketones (excluding diaryl/α,β-unsaturated/α-hetero) is 2. The van der Waals surface area contributed by atoms with Crippen LogP contribution >= 0.6 is 11.6 Å². The average molecular weight is 293 g/mol. The van der Waals surface area contributed by atoms with Crippen molar-refractivity contribution < 1.29 is 14.3 Å². The van der Waals surface area contributed by atoms with Crippen LogP contribution < -0.4 is 0 Å². The van der Waals surface area contributed by atoms with Gasteiger partial charge in [0.1, 0.15) is 11.7 Å². The standard InChI is InChI=1S/C16H17ClO3/c1-15(2)7-13(19)14-16(9-15,20-14)8-12(18)10-3-5-11(17)6-4-10/h3-6,14H,7-9H2,1-2H3. The van der Waals surface area contributed by atoms with Crippen LogP contribution in [0.15, 0.2) is 24.3 Å². The number of rotatable bonds is 3. The van der Waals surface area contributed by atoms with Crippen LogP contribution in [0.3, 0.4) is 0 Å². The first-order valence-corrected chi connectivity index (χ1v) is 7.19. The zero-order valence-electron chi connectivity index (χ0n) is 11.6. The molecule has 106 valence electrons. The normalized spacial score (nSPS) is 30.8. The second kappa shape index (κ2) is 4.40. The minimum atomic E-state index is -0.560. The second-order valence-corrected chi connectivity index (χ2v) is 7.09. The van der Waals surface area contributed by atoms with E-state index in [9.17, 15) is 9.59 Å². The quantitative estimate of drug-likeness (QED) is 0.633. The second-order valence-electron chi connectivity index (χ2n) is 6.65. The molecule has 0 radical (unpaired) electrons. The van der Waals surface area contributed by atoms with E-state index in [1.54, 1.807) is 24.3 Å². The maximum atomic E-state index is 12.3. The maximum Gasteiger partial charge on any atom is 0.165 e. The number of halogens is 1. The van der Waals surface area contributed by atoms with Crippen molar-refractivity contribution in [1.29, 1.82) is 0 Å². The van der Waals surface area contributed by atoms with E-state index >= 15 is 0 Å². The molecule has 4 heteroatoms. The van der Waals surface area contributed by atoms with Crippen molar-refractivity contribution in [2.75, 3.05) is 0 Å². The van der Waals surface area contributed by atoms with E-state index in [-0.39, 0.29) is 29.5 Å². The van der Waals surface area contributed by atoms with E-state index in [0.717, 1.165) is 6.42 Å². The summed E-state index contributed by atoms with van der Waals surface area (Å²) in [5.74, 6) is 0.139. The van der Waals surface area contributed by atoms with Gasteiger partial charge in [0.05, 0.1) is 0 Å². The third-order valence-corrected chi connectivity index (χ3v) is 4.37. The molecule has 2 unspecified atom stereocenters. The molecule has 2 fully saturated rings. The van der Waals surface area contributed by atoms with Crippen molar-refractivity contribution in [3.05, 3.63) is 34.9 Å². The van der Waals surface area contributed by atoms with Crippen molar-refractivity contribution in [3.8, 4) is 0 Å². The number of carbonyl (C=O) groups excluding carboxylic acids is 2. The zero-order chi connectivity index (χ0) is 14.5. The average Bonchev–Trinajstić information content (AvgIpc) is 3.02. The molecule has 3 nitrogen and oxygen atoms in total. The van der Waals surface area contributed by atoms with Crippen LogP contribution in [0.2, 0.25) is 5.02 Å². The molecule has 3 rings (SSSR count). The lowest BCUT2D eigenvalue weighted by atomic mass is 9.70. The van der Waals surface area contributed by atoms with Crippen LogP contribution in [0.1, 0.15) is 43.5 Å². The van der Waals surface area contributed by atoms with Crippen molar-refractivity contribution in [3.63, 3.8) is 0 Å². The minimum absolute atomic E-state index is 0.00895. The summed E-state index contributed by atoms with van der Waals surface area (Å²) in [6.45, 7) is 4.11. The summed E-state index contributed by atoms with van der Waals surface area (Å²) in [7, 11) is 0. The molecular formula is C16H17ClO3. The van der Waals surface area contributed by atoms with Gasteiger partial charge in [-0.1, -0.05) is 25.4 Å². The summed E-state index contributed by atoms with van der Waals surface area (Å²) < 4.78 is 5.63. The fourth-order valence-electron chi connectivity index (χ4n) is 3.34. The summed E-state index contributed by atoms with van der Waals surface area (Å²) in [5.41, 5.74) is -0.0336. The molecule has 1 aromatic carbocycles. The molecule has 1 saturated heterocycles. The Balaban J connectivity index is 1.76. The Hall–Kier alpha value is -1.19. The summed E-state index contributed by atoms with van der Waals surface area (Å²) in [4.78, 5) is 24.3. The van der Waals surface area contributed by atoms with Crippen molar-refractivity contribution in [2.24, 2.45) is 5.41 Å². The van der Waals surface area contributed by atoms with Gasteiger partial charge in [0.15, 0.2) is 11.6 Å². The molecule has 20 heavy (non-hydrogen) atoms. The van der Waals surface area contributed by atoms with E-state index in [4.69, 9.17) is 16.3 Å². The number of benzene rings is 1. The third kappa shape index (κ3) is 2.40. The van der Waals surface area contributed by atoms with Gasteiger partial charge < -0.3 is 4.74 Å². The molecule has 0 amide bonds. The summed E-state index contributed by atoms with van der Waals surface area (Å²) in [6, 6.07) is 6.84. The molecule has 1 heterocycles. The van der Waals surface area contributed by atoms with Gasteiger partial charge in [-0.3, -0.25) is 9.59 Å². The molecule has 0 N–H and O–H groups in total. The number of epoxide rings is 1. The van der Waals surface area contributed by atoms with Gasteiger partial charge in [-0.15, -0.1) is 0 Å². The molecule has 2 aliphatic rings. The SMILES string of the molecule is CC1(C)CC(=O)C2OC2(CC(=O)c2ccc(Cl)cc2)C1. The number of carbonyl (C=O) groups is 2. The molecule has 0 bridgehead atoms. The van der Waals surface area contributed by atoms with Gasteiger partial charge in [-0.2, -0.15) is 0 Å². The highest BCUT2D eigenvalue weighted by Crippen LogP contribution is 2.54. The molecule has 0 aromatic heterocycles. The Bertz CT molecular complexity index is 576. The highest BCUT2D eigenvalue weighted by atomic mass is 35.5. The van der Waals surface area contributed by atoms with Crippen LogP contribution in [0.5, 0.6) is 0 Å². The first-order valence-electron chi connectivity index (χ1n) is 6.81. The van der Waals surface area contributed by atoms with Crippen LogP contribution in [0, 0.1) is 5.41 Å². The van der Waals surface area contributed by atoms with Crippen LogP contribution in [-0.2, 0) is 9.53 Å². The van der Waals surface area contributed by atoms with Crippen LogP contribution in [0.25, 0.3) is 0 Å². The first kappa shape index (κ1) is 13.8. The maximum absolute atomic E-state index is 12.3. The van der Waals surface area contributed by atoms with Crippen LogP contribution in [-0.4, -0.2) is 23.3 Å². The Morgan fingerprint density at radius 2 is 2.00 bits per heavy atom. The Labute approximate surface area is 123 Å². The van der Waals surface area contributed by atoms with Gasteiger partial charge in [-0.05, 0) is 36.1 Å². The largest absolute Gasteiger partial charge is 0.357 e. The van der Waals surface area contributed by atoms with Crippen molar-refractivity contribution >= 4 is 23.2 Å².